The first-order chi connectivity index (χ1) is 19.5. The molecule has 3 N–H and O–H groups in total. The normalized spacial score (nSPS) is 12.7. The van der Waals surface area contributed by atoms with Crippen LogP contribution in [0.4, 0.5) is 4.79 Å². The highest BCUT2D eigenvalue weighted by atomic mass is 16.5. The van der Waals surface area contributed by atoms with Crippen molar-refractivity contribution in [2.24, 2.45) is 5.73 Å². The Balaban J connectivity index is 1.38. The van der Waals surface area contributed by atoms with Crippen molar-refractivity contribution in [3.05, 3.63) is 119 Å². The van der Waals surface area contributed by atoms with Crippen LogP contribution in [-0.4, -0.2) is 32.8 Å². The lowest BCUT2D eigenvalue weighted by Gasteiger charge is -2.23. The Morgan fingerprint density at radius 1 is 0.850 bits per heavy atom. The average molecular weight is 537 g/mol. The summed E-state index contributed by atoms with van der Waals surface area (Å²) in [7, 11) is 3.17. The fourth-order valence-electron chi connectivity index (χ4n) is 5.30. The molecule has 0 saturated carbocycles. The third kappa shape index (κ3) is 5.64. The summed E-state index contributed by atoms with van der Waals surface area (Å²) in [4.78, 5) is 24.5. The molecule has 1 aliphatic rings. The van der Waals surface area contributed by atoms with Gasteiger partial charge < -0.3 is 25.3 Å². The zero-order valence-corrected chi connectivity index (χ0v) is 22.6. The predicted molar refractivity (Wildman–Crippen MR) is 154 cm³/mol. The Bertz CT molecular complexity index is 1470. The van der Waals surface area contributed by atoms with E-state index in [0.717, 1.165) is 27.8 Å². The molecular formula is C33H32N2O5. The van der Waals surface area contributed by atoms with E-state index in [1.165, 1.54) is 11.1 Å². The monoisotopic (exact) mass is 536 g/mol. The smallest absolute Gasteiger partial charge is 0.407 e. The van der Waals surface area contributed by atoms with Crippen LogP contribution in [0.25, 0.3) is 11.1 Å². The number of fused-ring (bicyclic) bond motifs is 3. The van der Waals surface area contributed by atoms with Gasteiger partial charge in [-0.05, 0) is 51.9 Å². The minimum Gasteiger partial charge on any atom is -0.497 e. The fraction of sp³-hybridized carbons (Fsp3) is 0.212. The third-order valence-electron chi connectivity index (χ3n) is 7.33. The number of hydrogen-bond donors (Lipinski definition) is 2. The minimum absolute atomic E-state index is 0.0448. The van der Waals surface area contributed by atoms with Crippen molar-refractivity contribution in [1.82, 2.24) is 5.32 Å². The largest absolute Gasteiger partial charge is 0.497 e. The molecule has 4 aromatic rings. The molecule has 7 heteroatoms. The number of primary amides is 1. The van der Waals surface area contributed by atoms with Crippen LogP contribution in [0, 0.1) is 0 Å². The van der Waals surface area contributed by atoms with Crippen LogP contribution < -0.4 is 20.5 Å². The zero-order chi connectivity index (χ0) is 28.1. The Kier molecular flexibility index (Phi) is 8.01. The number of carbonyl (C=O) groups is 2. The van der Waals surface area contributed by atoms with Gasteiger partial charge in [-0.25, -0.2) is 4.79 Å². The second-order valence-electron chi connectivity index (χ2n) is 9.72. The molecule has 4 aromatic carbocycles. The van der Waals surface area contributed by atoms with Crippen molar-refractivity contribution in [2.45, 2.75) is 24.8 Å². The first-order valence-corrected chi connectivity index (χ1v) is 13.2. The first kappa shape index (κ1) is 26.8. The summed E-state index contributed by atoms with van der Waals surface area (Å²) >= 11 is 0. The molecule has 7 nitrogen and oxygen atoms in total. The second kappa shape index (κ2) is 11.9. The van der Waals surface area contributed by atoms with Gasteiger partial charge in [0.05, 0.1) is 20.3 Å². The predicted octanol–water partition coefficient (Wildman–Crippen LogP) is 5.75. The molecule has 0 radical (unpaired) electrons. The number of carbonyl (C=O) groups excluding carboxylic acids is 2. The van der Waals surface area contributed by atoms with Gasteiger partial charge in [0.2, 0.25) is 5.91 Å². The summed E-state index contributed by atoms with van der Waals surface area (Å²) in [5.74, 6) is 0.821. The molecule has 0 aliphatic heterocycles. The molecular weight excluding hydrogens is 504 g/mol. The van der Waals surface area contributed by atoms with Crippen LogP contribution in [0.1, 0.15) is 46.2 Å². The molecule has 1 atom stereocenters. The van der Waals surface area contributed by atoms with E-state index < -0.39 is 12.1 Å². The van der Waals surface area contributed by atoms with Crippen molar-refractivity contribution in [2.75, 3.05) is 20.8 Å². The lowest BCUT2D eigenvalue weighted by atomic mass is 9.96. The number of rotatable bonds is 10. The highest BCUT2D eigenvalue weighted by molar-refractivity contribution is 5.79. The van der Waals surface area contributed by atoms with Gasteiger partial charge in [0.15, 0.2) is 0 Å². The van der Waals surface area contributed by atoms with Crippen molar-refractivity contribution in [3.63, 3.8) is 0 Å². The van der Waals surface area contributed by atoms with Gasteiger partial charge in [-0.3, -0.25) is 4.79 Å². The lowest BCUT2D eigenvalue weighted by Crippen LogP contribution is -2.31. The highest BCUT2D eigenvalue weighted by Crippen LogP contribution is 2.44. The van der Waals surface area contributed by atoms with E-state index in [4.69, 9.17) is 19.9 Å². The maximum absolute atomic E-state index is 13.3. The molecule has 1 unspecified atom stereocenters. The number of alkyl carbamates (subject to hydrolysis) is 1. The average Bonchev–Trinajstić information content (AvgIpc) is 3.31. The van der Waals surface area contributed by atoms with E-state index in [2.05, 4.69) is 29.6 Å². The molecule has 2 amide bonds. The number of nitrogens with two attached hydrogens (primary N) is 1. The quantitative estimate of drug-likeness (QED) is 0.269. The van der Waals surface area contributed by atoms with Gasteiger partial charge in [0, 0.05) is 24.0 Å². The van der Waals surface area contributed by atoms with Crippen molar-refractivity contribution < 1.29 is 23.8 Å². The van der Waals surface area contributed by atoms with E-state index in [-0.39, 0.29) is 24.9 Å². The number of amides is 2. The fourth-order valence-corrected chi connectivity index (χ4v) is 5.30. The first-order valence-electron chi connectivity index (χ1n) is 13.2. The summed E-state index contributed by atoms with van der Waals surface area (Å²) in [5, 5.41) is 3.05. The van der Waals surface area contributed by atoms with E-state index in [1.807, 2.05) is 60.7 Å². The lowest BCUT2D eigenvalue weighted by molar-refractivity contribution is -0.117. The van der Waals surface area contributed by atoms with Gasteiger partial charge in [-0.1, -0.05) is 72.8 Å². The van der Waals surface area contributed by atoms with Crippen LogP contribution in [0.3, 0.4) is 0 Å². The highest BCUT2D eigenvalue weighted by Gasteiger charge is 2.30. The summed E-state index contributed by atoms with van der Waals surface area (Å²) in [6.07, 6.45) is 0.279. The molecule has 0 bridgehead atoms. The number of aryl methyl sites for hydroxylation is 1. The molecule has 0 aromatic heterocycles. The third-order valence-corrected chi connectivity index (χ3v) is 7.33. The maximum atomic E-state index is 13.3. The van der Waals surface area contributed by atoms with Gasteiger partial charge in [-0.15, -0.1) is 0 Å². The summed E-state index contributed by atoms with van der Waals surface area (Å²) in [6.45, 7) is 0.207. The van der Waals surface area contributed by atoms with Crippen molar-refractivity contribution in [1.29, 1.82) is 0 Å². The SMILES string of the molecule is COc1ccc(C(NC(=O)OCC2c3ccccc3-c3ccccc32)c2ccc(CCC(N)=O)cc2)c(OC)c1. The Morgan fingerprint density at radius 3 is 2.10 bits per heavy atom. The van der Waals surface area contributed by atoms with E-state index >= 15 is 0 Å². The number of hydrogen-bond acceptors (Lipinski definition) is 5. The van der Waals surface area contributed by atoms with Gasteiger partial charge in [0.25, 0.3) is 0 Å². The molecule has 0 fully saturated rings. The van der Waals surface area contributed by atoms with Crippen molar-refractivity contribution >= 4 is 12.0 Å². The summed E-state index contributed by atoms with van der Waals surface area (Å²) in [6, 6.07) is 29.1. The molecule has 40 heavy (non-hydrogen) atoms. The topological polar surface area (TPSA) is 99.9 Å². The second-order valence-corrected chi connectivity index (χ2v) is 9.72. The Hall–Kier alpha value is -4.78. The molecule has 204 valence electrons. The summed E-state index contributed by atoms with van der Waals surface area (Å²) in [5.41, 5.74) is 12.5. The molecule has 1 aliphatic carbocycles. The van der Waals surface area contributed by atoms with Crippen LogP contribution >= 0.6 is 0 Å². The van der Waals surface area contributed by atoms with E-state index in [0.29, 0.717) is 17.9 Å². The van der Waals surface area contributed by atoms with Gasteiger partial charge >= 0.3 is 6.09 Å². The standard InChI is InChI=1S/C33H32N2O5/c1-38-23-16-17-28(30(19-23)39-2)32(22-14-11-21(12-15-22)13-18-31(34)36)35-33(37)40-20-29-26-9-5-3-7-24(26)25-8-4-6-10-27(25)29/h3-12,14-17,19,29,32H,13,18,20H2,1-2H3,(H2,34,36)(H,35,37). The van der Waals surface area contributed by atoms with Gasteiger partial charge in [0.1, 0.15) is 18.1 Å². The Morgan fingerprint density at radius 2 is 1.50 bits per heavy atom. The molecule has 0 spiro atoms. The van der Waals surface area contributed by atoms with Gasteiger partial charge in [-0.2, -0.15) is 0 Å². The molecule has 0 saturated heterocycles. The van der Waals surface area contributed by atoms with E-state index in [9.17, 15) is 9.59 Å². The number of methoxy groups -OCH3 is 2. The Labute approximate surface area is 233 Å². The number of nitrogens with one attached hydrogen (secondary N) is 1. The van der Waals surface area contributed by atoms with Crippen LogP contribution in [-0.2, 0) is 16.0 Å². The zero-order valence-electron chi connectivity index (χ0n) is 22.6. The number of ether oxygens (including phenoxy) is 3. The van der Waals surface area contributed by atoms with Crippen LogP contribution in [0.15, 0.2) is 91.0 Å². The molecule has 5 rings (SSSR count). The van der Waals surface area contributed by atoms with Crippen molar-refractivity contribution in [3.8, 4) is 22.6 Å². The minimum atomic E-state index is -0.554. The number of benzene rings is 4. The maximum Gasteiger partial charge on any atom is 0.407 e. The molecule has 0 heterocycles. The van der Waals surface area contributed by atoms with Crippen LogP contribution in [0.2, 0.25) is 0 Å². The van der Waals surface area contributed by atoms with Crippen LogP contribution in [0.5, 0.6) is 11.5 Å². The summed E-state index contributed by atoms with van der Waals surface area (Å²) < 4.78 is 16.9. The van der Waals surface area contributed by atoms with E-state index in [1.54, 1.807) is 20.3 Å².